The zero-order chi connectivity index (χ0) is 16.9. The monoisotopic (exact) mass is 325 g/mol. The molecule has 0 fully saturated rings. The SMILES string of the molecule is COc1ccc(C(C#N)(O[Si](C)(C)C)C2C=CC=CC=C2)cc1. The molecule has 0 radical (unpaired) electrons. The Morgan fingerprint density at radius 1 is 1.00 bits per heavy atom. The van der Waals surface area contributed by atoms with Crippen LogP contribution in [0.5, 0.6) is 5.75 Å². The van der Waals surface area contributed by atoms with Crippen LogP contribution in [-0.2, 0) is 10.0 Å². The summed E-state index contributed by atoms with van der Waals surface area (Å²) in [6, 6.07) is 10.0. The third kappa shape index (κ3) is 4.01. The smallest absolute Gasteiger partial charge is 0.186 e. The maximum Gasteiger partial charge on any atom is 0.186 e. The van der Waals surface area contributed by atoms with Crippen molar-refractivity contribution in [2.24, 2.45) is 5.92 Å². The van der Waals surface area contributed by atoms with Gasteiger partial charge in [0.05, 0.1) is 7.11 Å². The number of methoxy groups -OCH3 is 1. The molecule has 0 aromatic heterocycles. The second-order valence-electron chi connectivity index (χ2n) is 6.47. The van der Waals surface area contributed by atoms with Gasteiger partial charge >= 0.3 is 0 Å². The Morgan fingerprint density at radius 2 is 1.57 bits per heavy atom. The Morgan fingerprint density at radius 3 is 2.00 bits per heavy atom. The van der Waals surface area contributed by atoms with Gasteiger partial charge in [0, 0.05) is 5.92 Å². The number of benzene rings is 1. The summed E-state index contributed by atoms with van der Waals surface area (Å²) >= 11 is 0. The van der Waals surface area contributed by atoms with Crippen molar-refractivity contribution < 1.29 is 9.16 Å². The fourth-order valence-corrected chi connectivity index (χ4v) is 3.90. The van der Waals surface area contributed by atoms with E-state index in [1.807, 2.05) is 60.7 Å². The maximum absolute atomic E-state index is 10.1. The van der Waals surface area contributed by atoms with E-state index in [9.17, 15) is 5.26 Å². The largest absolute Gasteiger partial charge is 0.497 e. The predicted octanol–water partition coefficient (Wildman–Crippen LogP) is 4.56. The lowest BCUT2D eigenvalue weighted by Gasteiger charge is -2.37. The molecule has 0 heterocycles. The lowest BCUT2D eigenvalue weighted by atomic mass is 9.82. The fourth-order valence-electron chi connectivity index (χ4n) is 2.63. The Kier molecular flexibility index (Phi) is 5.25. The average molecular weight is 325 g/mol. The van der Waals surface area contributed by atoms with Crippen LogP contribution in [-0.4, -0.2) is 15.4 Å². The van der Waals surface area contributed by atoms with E-state index in [0.717, 1.165) is 11.3 Å². The van der Waals surface area contributed by atoms with Gasteiger partial charge in [-0.15, -0.1) is 0 Å². The summed E-state index contributed by atoms with van der Waals surface area (Å²) < 4.78 is 11.7. The molecule has 0 bridgehead atoms. The predicted molar refractivity (Wildman–Crippen MR) is 95.6 cm³/mol. The lowest BCUT2D eigenvalue weighted by molar-refractivity contribution is 0.0915. The van der Waals surface area contributed by atoms with Gasteiger partial charge < -0.3 is 9.16 Å². The molecule has 1 aliphatic carbocycles. The second-order valence-corrected chi connectivity index (χ2v) is 10.9. The van der Waals surface area contributed by atoms with Gasteiger partial charge in [-0.25, -0.2) is 0 Å². The van der Waals surface area contributed by atoms with Crippen molar-refractivity contribution in [1.82, 2.24) is 0 Å². The second kappa shape index (κ2) is 6.99. The first-order chi connectivity index (χ1) is 10.9. The lowest BCUT2D eigenvalue weighted by Crippen LogP contribution is -2.44. The molecule has 0 N–H and O–H groups in total. The van der Waals surface area contributed by atoms with Crippen LogP contribution in [0.25, 0.3) is 0 Å². The molecule has 0 saturated heterocycles. The summed E-state index contributed by atoms with van der Waals surface area (Å²) in [7, 11) is -0.328. The van der Waals surface area contributed by atoms with Gasteiger partial charge in [-0.3, -0.25) is 0 Å². The van der Waals surface area contributed by atoms with Crippen LogP contribution < -0.4 is 4.74 Å². The van der Waals surface area contributed by atoms with Gasteiger partial charge in [0.1, 0.15) is 11.8 Å². The van der Waals surface area contributed by atoms with E-state index in [1.54, 1.807) is 7.11 Å². The number of allylic oxidation sites excluding steroid dienone is 4. The Bertz CT molecular complexity index is 646. The van der Waals surface area contributed by atoms with Crippen molar-refractivity contribution >= 4 is 8.32 Å². The molecule has 1 aliphatic rings. The van der Waals surface area contributed by atoms with E-state index >= 15 is 0 Å². The number of hydrogen-bond donors (Lipinski definition) is 0. The number of ether oxygens (including phenoxy) is 1. The molecular formula is C19H23NO2Si. The van der Waals surface area contributed by atoms with E-state index in [2.05, 4.69) is 25.7 Å². The van der Waals surface area contributed by atoms with Crippen molar-refractivity contribution in [3.8, 4) is 11.8 Å². The highest BCUT2D eigenvalue weighted by Crippen LogP contribution is 2.39. The van der Waals surface area contributed by atoms with Crippen LogP contribution in [0.2, 0.25) is 19.6 Å². The zero-order valence-corrected chi connectivity index (χ0v) is 15.1. The molecule has 0 amide bonds. The molecule has 0 saturated carbocycles. The molecule has 0 aliphatic heterocycles. The van der Waals surface area contributed by atoms with Crippen LogP contribution in [0.4, 0.5) is 0 Å². The quantitative estimate of drug-likeness (QED) is 0.745. The molecule has 4 heteroatoms. The Balaban J connectivity index is 2.55. The topological polar surface area (TPSA) is 42.2 Å². The van der Waals surface area contributed by atoms with Crippen LogP contribution in [0.15, 0.2) is 60.7 Å². The van der Waals surface area contributed by atoms with Crippen molar-refractivity contribution in [1.29, 1.82) is 5.26 Å². The molecule has 3 nitrogen and oxygen atoms in total. The highest BCUT2D eigenvalue weighted by molar-refractivity contribution is 6.69. The molecule has 0 spiro atoms. The molecule has 2 rings (SSSR count). The molecule has 23 heavy (non-hydrogen) atoms. The van der Waals surface area contributed by atoms with E-state index in [-0.39, 0.29) is 5.92 Å². The molecule has 1 aromatic rings. The first-order valence-electron chi connectivity index (χ1n) is 7.69. The molecule has 1 unspecified atom stereocenters. The Hall–Kier alpha value is -2.09. The van der Waals surface area contributed by atoms with Gasteiger partial charge in [-0.05, 0) is 37.3 Å². The summed E-state index contributed by atoms with van der Waals surface area (Å²) in [5, 5.41) is 10.1. The van der Waals surface area contributed by atoms with E-state index in [1.165, 1.54) is 0 Å². The first kappa shape index (κ1) is 17.3. The molecule has 120 valence electrons. The molecule has 1 aromatic carbocycles. The summed E-state index contributed by atoms with van der Waals surface area (Å²) in [5.41, 5.74) is -0.181. The van der Waals surface area contributed by atoms with Gasteiger partial charge in [0.15, 0.2) is 13.9 Å². The van der Waals surface area contributed by atoms with E-state index in [0.29, 0.717) is 0 Å². The summed E-state index contributed by atoms with van der Waals surface area (Å²) in [6.45, 7) is 6.31. The highest BCUT2D eigenvalue weighted by Gasteiger charge is 2.43. The average Bonchev–Trinajstić information content (AvgIpc) is 2.81. The zero-order valence-electron chi connectivity index (χ0n) is 14.1. The van der Waals surface area contributed by atoms with Crippen LogP contribution in [0, 0.1) is 17.2 Å². The molecular weight excluding hydrogens is 302 g/mol. The van der Waals surface area contributed by atoms with Gasteiger partial charge in [-0.1, -0.05) is 48.6 Å². The molecule has 1 atom stereocenters. The maximum atomic E-state index is 10.1. The van der Waals surface area contributed by atoms with Crippen molar-refractivity contribution in [3.63, 3.8) is 0 Å². The standard InChI is InChI=1S/C19H23NO2Si/c1-21-18-13-11-17(12-14-18)19(15-20,22-23(2,3)4)16-9-7-5-6-8-10-16/h5-14,16H,1-4H3. The normalized spacial score (nSPS) is 17.3. The summed E-state index contributed by atoms with van der Waals surface area (Å²) in [5.74, 6) is 0.616. The van der Waals surface area contributed by atoms with Crippen LogP contribution in [0.3, 0.4) is 0 Å². The minimum absolute atomic E-state index is 0.150. The van der Waals surface area contributed by atoms with Crippen molar-refractivity contribution in [2.75, 3.05) is 7.11 Å². The van der Waals surface area contributed by atoms with E-state index < -0.39 is 13.9 Å². The van der Waals surface area contributed by atoms with Crippen LogP contribution in [0.1, 0.15) is 5.56 Å². The fraction of sp³-hybridized carbons (Fsp3) is 0.316. The van der Waals surface area contributed by atoms with Crippen molar-refractivity contribution in [3.05, 3.63) is 66.3 Å². The van der Waals surface area contributed by atoms with Gasteiger partial charge in [0.25, 0.3) is 0 Å². The number of rotatable bonds is 5. The van der Waals surface area contributed by atoms with Crippen LogP contribution >= 0.6 is 0 Å². The summed E-state index contributed by atoms with van der Waals surface area (Å²) in [4.78, 5) is 0. The minimum Gasteiger partial charge on any atom is -0.497 e. The number of hydrogen-bond acceptors (Lipinski definition) is 3. The minimum atomic E-state index is -1.96. The highest BCUT2D eigenvalue weighted by atomic mass is 28.4. The summed E-state index contributed by atoms with van der Waals surface area (Å²) in [6.07, 6.45) is 11.9. The van der Waals surface area contributed by atoms with Gasteiger partial charge in [0.2, 0.25) is 0 Å². The third-order valence-corrected chi connectivity index (χ3v) is 4.53. The van der Waals surface area contributed by atoms with E-state index in [4.69, 9.17) is 9.16 Å². The Labute approximate surface area is 139 Å². The third-order valence-electron chi connectivity index (χ3n) is 3.59. The number of nitriles is 1. The van der Waals surface area contributed by atoms with Gasteiger partial charge in [-0.2, -0.15) is 5.26 Å². The van der Waals surface area contributed by atoms with Crippen molar-refractivity contribution in [2.45, 2.75) is 25.2 Å². The number of nitrogens with zero attached hydrogens (tertiary/aromatic N) is 1. The first-order valence-corrected chi connectivity index (χ1v) is 11.1.